The average molecular weight is 457 g/mol. The summed E-state index contributed by atoms with van der Waals surface area (Å²) < 4.78 is 11.5. The first kappa shape index (κ1) is 23.1. The number of hydrogen-bond donors (Lipinski definition) is 0. The molecule has 0 radical (unpaired) electrons. The molecule has 2 fully saturated rings. The number of morpholine rings is 1. The van der Waals surface area contributed by atoms with Gasteiger partial charge in [0.15, 0.2) is 0 Å². The molecule has 0 aromatic heterocycles. The van der Waals surface area contributed by atoms with Gasteiger partial charge in [-0.05, 0) is 54.8 Å². The summed E-state index contributed by atoms with van der Waals surface area (Å²) in [6.45, 7) is 5.69. The van der Waals surface area contributed by atoms with Crippen molar-refractivity contribution >= 4 is 17.5 Å². The Morgan fingerprint density at radius 3 is 2.53 bits per heavy atom. The molecule has 1 saturated heterocycles. The summed E-state index contributed by atoms with van der Waals surface area (Å²) in [6, 6.07) is 15.4. The van der Waals surface area contributed by atoms with Crippen molar-refractivity contribution in [3.05, 3.63) is 59.1 Å². The molecule has 0 unspecified atom stereocenters. The van der Waals surface area contributed by atoms with E-state index in [2.05, 4.69) is 15.9 Å². The van der Waals surface area contributed by atoms with E-state index < -0.39 is 0 Å². The third-order valence-corrected chi connectivity index (χ3v) is 6.63. The van der Waals surface area contributed by atoms with Gasteiger partial charge < -0.3 is 14.4 Å². The predicted octanol–water partition coefficient (Wildman–Crippen LogP) is 5.37. The average Bonchev–Trinajstić information content (AvgIpc) is 2.84. The van der Waals surface area contributed by atoms with Crippen LogP contribution in [0, 0.1) is 5.92 Å². The molecule has 1 amide bonds. The maximum Gasteiger partial charge on any atom is 0.226 e. The molecule has 0 spiro atoms. The quantitative estimate of drug-likeness (QED) is 0.535. The molecule has 5 nitrogen and oxygen atoms in total. The molecule has 4 rings (SSSR count). The highest BCUT2D eigenvalue weighted by molar-refractivity contribution is 6.30. The van der Waals surface area contributed by atoms with Crippen LogP contribution in [0.4, 0.5) is 0 Å². The van der Waals surface area contributed by atoms with E-state index in [0.29, 0.717) is 17.5 Å². The molecule has 0 N–H and O–H groups in total. The van der Waals surface area contributed by atoms with E-state index in [-0.39, 0.29) is 5.92 Å². The Morgan fingerprint density at radius 2 is 1.78 bits per heavy atom. The molecule has 2 aliphatic rings. The van der Waals surface area contributed by atoms with Crippen LogP contribution in [0.5, 0.6) is 11.5 Å². The number of carbonyl (C=O) groups excluding carboxylic acids is 1. The van der Waals surface area contributed by atoms with Crippen molar-refractivity contribution in [2.45, 2.75) is 38.6 Å². The Kier molecular flexibility index (Phi) is 8.43. The Bertz CT molecular complexity index is 862. The van der Waals surface area contributed by atoms with Crippen LogP contribution in [0.1, 0.15) is 37.7 Å². The number of nitrogens with zero attached hydrogens (tertiary/aromatic N) is 2. The molecule has 32 heavy (non-hydrogen) atoms. The maximum absolute atomic E-state index is 13.4. The highest BCUT2D eigenvalue weighted by Crippen LogP contribution is 2.27. The van der Waals surface area contributed by atoms with Crippen LogP contribution in [0.2, 0.25) is 5.02 Å². The van der Waals surface area contributed by atoms with E-state index in [1.165, 1.54) is 6.42 Å². The molecule has 6 heteroatoms. The molecule has 1 saturated carbocycles. The summed E-state index contributed by atoms with van der Waals surface area (Å²) in [6.07, 6.45) is 5.62. The fraction of sp³-hybridized carbons (Fsp3) is 0.500. The molecular weight excluding hydrogens is 424 g/mol. The molecule has 1 heterocycles. The summed E-state index contributed by atoms with van der Waals surface area (Å²) >= 11 is 5.97. The number of benzene rings is 2. The summed E-state index contributed by atoms with van der Waals surface area (Å²) in [4.78, 5) is 17.9. The van der Waals surface area contributed by atoms with Crippen LogP contribution < -0.4 is 4.74 Å². The maximum atomic E-state index is 13.4. The highest BCUT2D eigenvalue weighted by atomic mass is 35.5. The second-order valence-corrected chi connectivity index (χ2v) is 9.19. The van der Waals surface area contributed by atoms with Crippen molar-refractivity contribution < 1.29 is 14.3 Å². The largest absolute Gasteiger partial charge is 0.457 e. The van der Waals surface area contributed by atoms with Crippen LogP contribution in [-0.2, 0) is 16.1 Å². The van der Waals surface area contributed by atoms with E-state index in [1.54, 1.807) is 0 Å². The Labute approximate surface area is 196 Å². The van der Waals surface area contributed by atoms with E-state index in [0.717, 1.165) is 82.1 Å². The van der Waals surface area contributed by atoms with Gasteiger partial charge in [0.1, 0.15) is 11.5 Å². The number of ether oxygens (including phenoxy) is 2. The van der Waals surface area contributed by atoms with Gasteiger partial charge in [-0.15, -0.1) is 0 Å². The summed E-state index contributed by atoms with van der Waals surface area (Å²) in [5, 5.41) is 0.684. The molecule has 0 atom stereocenters. The van der Waals surface area contributed by atoms with Crippen LogP contribution in [-0.4, -0.2) is 55.1 Å². The molecule has 2 aromatic carbocycles. The topological polar surface area (TPSA) is 42.0 Å². The van der Waals surface area contributed by atoms with Gasteiger partial charge in [0.05, 0.1) is 13.2 Å². The Balaban J connectivity index is 1.43. The zero-order valence-electron chi connectivity index (χ0n) is 18.7. The molecule has 2 aromatic rings. The molecule has 1 aliphatic heterocycles. The number of amides is 1. The van der Waals surface area contributed by atoms with Gasteiger partial charge in [-0.2, -0.15) is 0 Å². The van der Waals surface area contributed by atoms with Crippen molar-refractivity contribution in [3.63, 3.8) is 0 Å². The number of hydrogen-bond acceptors (Lipinski definition) is 4. The number of halogens is 1. The lowest BCUT2D eigenvalue weighted by molar-refractivity contribution is -0.137. The number of rotatable bonds is 8. The lowest BCUT2D eigenvalue weighted by atomic mass is 9.88. The van der Waals surface area contributed by atoms with E-state index in [9.17, 15) is 4.79 Å². The lowest BCUT2D eigenvalue weighted by Gasteiger charge is -2.33. The Morgan fingerprint density at radius 1 is 1.03 bits per heavy atom. The van der Waals surface area contributed by atoms with Gasteiger partial charge in [-0.3, -0.25) is 9.69 Å². The van der Waals surface area contributed by atoms with Gasteiger partial charge >= 0.3 is 0 Å². The fourth-order valence-corrected chi connectivity index (χ4v) is 4.65. The van der Waals surface area contributed by atoms with Gasteiger partial charge in [-0.25, -0.2) is 0 Å². The van der Waals surface area contributed by atoms with E-state index >= 15 is 0 Å². The third-order valence-electron chi connectivity index (χ3n) is 6.38. The van der Waals surface area contributed by atoms with E-state index in [1.807, 2.05) is 42.5 Å². The Hall–Kier alpha value is -2.08. The molecule has 1 aliphatic carbocycles. The minimum absolute atomic E-state index is 0.168. The van der Waals surface area contributed by atoms with Crippen LogP contribution >= 0.6 is 11.6 Å². The fourth-order valence-electron chi connectivity index (χ4n) is 4.53. The number of carbonyl (C=O) groups is 1. The summed E-state index contributed by atoms with van der Waals surface area (Å²) in [5.74, 6) is 1.99. The smallest absolute Gasteiger partial charge is 0.226 e. The van der Waals surface area contributed by atoms with Gasteiger partial charge in [0, 0.05) is 43.7 Å². The first-order valence-corrected chi connectivity index (χ1v) is 12.2. The highest BCUT2D eigenvalue weighted by Gasteiger charge is 2.26. The molecule has 172 valence electrons. The van der Waals surface area contributed by atoms with Crippen LogP contribution in [0.15, 0.2) is 48.5 Å². The second-order valence-electron chi connectivity index (χ2n) is 8.75. The minimum Gasteiger partial charge on any atom is -0.457 e. The zero-order chi connectivity index (χ0) is 22.2. The first-order chi connectivity index (χ1) is 15.7. The molecular formula is C26H33ClN2O3. The van der Waals surface area contributed by atoms with Crippen molar-refractivity contribution in [3.8, 4) is 11.5 Å². The van der Waals surface area contributed by atoms with Crippen molar-refractivity contribution in [1.82, 2.24) is 9.80 Å². The molecule has 0 bridgehead atoms. The standard InChI is InChI=1S/C26H33ClN2O3/c27-23-9-11-24(12-10-23)32-25-8-4-5-21(19-25)20-29(14-13-28-15-17-31-18-16-28)26(30)22-6-2-1-3-7-22/h4-5,8-12,19,22H,1-3,6-7,13-18,20H2. The summed E-state index contributed by atoms with van der Waals surface area (Å²) in [7, 11) is 0. The zero-order valence-corrected chi connectivity index (χ0v) is 19.4. The SMILES string of the molecule is O=C(C1CCCCC1)N(CCN1CCOCC1)Cc1cccc(Oc2ccc(Cl)cc2)c1. The van der Waals surface area contributed by atoms with Crippen molar-refractivity contribution in [2.75, 3.05) is 39.4 Å². The monoisotopic (exact) mass is 456 g/mol. The van der Waals surface area contributed by atoms with Crippen LogP contribution in [0.3, 0.4) is 0 Å². The van der Waals surface area contributed by atoms with Gasteiger partial charge in [0.25, 0.3) is 0 Å². The van der Waals surface area contributed by atoms with Gasteiger partial charge in [-0.1, -0.05) is 43.0 Å². The normalized spacial score (nSPS) is 17.8. The van der Waals surface area contributed by atoms with Gasteiger partial charge in [0.2, 0.25) is 5.91 Å². The van der Waals surface area contributed by atoms with E-state index in [4.69, 9.17) is 21.1 Å². The van der Waals surface area contributed by atoms with Crippen molar-refractivity contribution in [2.24, 2.45) is 5.92 Å². The lowest BCUT2D eigenvalue weighted by Crippen LogP contribution is -2.44. The third kappa shape index (κ3) is 6.71. The van der Waals surface area contributed by atoms with Crippen LogP contribution in [0.25, 0.3) is 0 Å². The predicted molar refractivity (Wildman–Crippen MR) is 127 cm³/mol. The minimum atomic E-state index is 0.168. The van der Waals surface area contributed by atoms with Crippen molar-refractivity contribution in [1.29, 1.82) is 0 Å². The first-order valence-electron chi connectivity index (χ1n) is 11.8. The second kappa shape index (κ2) is 11.7. The summed E-state index contributed by atoms with van der Waals surface area (Å²) in [5.41, 5.74) is 1.09.